The van der Waals surface area contributed by atoms with Crippen molar-refractivity contribution in [3.05, 3.63) is 71.8 Å². The van der Waals surface area contributed by atoms with Gasteiger partial charge in [0, 0.05) is 12.1 Å². The van der Waals surface area contributed by atoms with Gasteiger partial charge in [0.05, 0.1) is 12.2 Å². The number of aliphatic hydroxyl groups is 2. The van der Waals surface area contributed by atoms with Crippen LogP contribution in [0, 0.1) is 0 Å². The predicted molar refractivity (Wildman–Crippen MR) is 88.3 cm³/mol. The molecule has 4 atom stereocenters. The molecule has 2 aromatic carbocycles. The minimum Gasteiger partial charge on any atom is -0.389 e. The van der Waals surface area contributed by atoms with Gasteiger partial charge in [-0.15, -0.1) is 0 Å². The van der Waals surface area contributed by atoms with Crippen LogP contribution in [0.4, 0.5) is 0 Å². The van der Waals surface area contributed by atoms with Crippen molar-refractivity contribution < 1.29 is 10.2 Å². The molecule has 0 radical (unpaired) electrons. The van der Waals surface area contributed by atoms with Crippen molar-refractivity contribution in [1.29, 1.82) is 0 Å². The van der Waals surface area contributed by atoms with Gasteiger partial charge >= 0.3 is 0 Å². The summed E-state index contributed by atoms with van der Waals surface area (Å²) in [7, 11) is 0. The van der Waals surface area contributed by atoms with Crippen molar-refractivity contribution in [2.45, 2.75) is 37.1 Å². The monoisotopic (exact) mass is 300 g/mol. The van der Waals surface area contributed by atoms with Crippen molar-refractivity contribution in [3.63, 3.8) is 0 Å². The molecule has 0 saturated carbocycles. The summed E-state index contributed by atoms with van der Waals surface area (Å²) in [5, 5.41) is 20.5. The summed E-state index contributed by atoms with van der Waals surface area (Å²) in [5.41, 5.74) is 14.1. The van der Waals surface area contributed by atoms with E-state index in [9.17, 15) is 10.2 Å². The molecule has 0 saturated heterocycles. The average Bonchev–Trinajstić information content (AvgIpc) is 2.55. The Bertz CT molecular complexity index is 496. The molecule has 0 heterocycles. The first-order chi connectivity index (χ1) is 10.6. The molecule has 4 heteroatoms. The Balaban J connectivity index is 1.91. The van der Waals surface area contributed by atoms with Crippen LogP contribution in [0.3, 0.4) is 0 Å². The molecule has 2 rings (SSSR count). The van der Waals surface area contributed by atoms with Crippen molar-refractivity contribution in [1.82, 2.24) is 0 Å². The number of nitrogens with two attached hydrogens (primary N) is 2. The molecule has 0 aromatic heterocycles. The first kappa shape index (κ1) is 16.6. The first-order valence-corrected chi connectivity index (χ1v) is 7.53. The standard InChI is InChI=1S/C18H24N2O2/c19-15(11-13-7-3-1-4-8-13)17(21)18(22)16(20)12-14-9-5-2-6-10-14/h1-10,15-18,21-22H,11-12,19-20H2/t15-,16+,17-,18-/m0/s1. The van der Waals surface area contributed by atoms with Gasteiger partial charge in [-0.25, -0.2) is 0 Å². The minimum atomic E-state index is -1.06. The van der Waals surface area contributed by atoms with E-state index >= 15 is 0 Å². The Kier molecular flexibility index (Phi) is 6.10. The smallest absolute Gasteiger partial charge is 0.0968 e. The van der Waals surface area contributed by atoms with E-state index < -0.39 is 24.3 Å². The highest BCUT2D eigenvalue weighted by Gasteiger charge is 2.28. The summed E-state index contributed by atoms with van der Waals surface area (Å²) < 4.78 is 0. The van der Waals surface area contributed by atoms with Crippen molar-refractivity contribution in [2.24, 2.45) is 11.5 Å². The molecular formula is C18H24N2O2. The van der Waals surface area contributed by atoms with Crippen LogP contribution in [-0.4, -0.2) is 34.5 Å². The van der Waals surface area contributed by atoms with Crippen LogP contribution in [0.25, 0.3) is 0 Å². The van der Waals surface area contributed by atoms with E-state index in [-0.39, 0.29) is 0 Å². The van der Waals surface area contributed by atoms with Gasteiger partial charge < -0.3 is 21.7 Å². The second-order valence-corrected chi connectivity index (χ2v) is 5.69. The molecule has 118 valence electrons. The average molecular weight is 300 g/mol. The van der Waals surface area contributed by atoms with Crippen LogP contribution in [0.15, 0.2) is 60.7 Å². The maximum absolute atomic E-state index is 10.2. The molecule has 0 fully saturated rings. The highest BCUT2D eigenvalue weighted by Crippen LogP contribution is 2.11. The van der Waals surface area contributed by atoms with E-state index in [4.69, 9.17) is 11.5 Å². The summed E-state index contributed by atoms with van der Waals surface area (Å²) in [5.74, 6) is 0. The van der Waals surface area contributed by atoms with Gasteiger partial charge in [0.25, 0.3) is 0 Å². The van der Waals surface area contributed by atoms with E-state index in [1.807, 2.05) is 60.7 Å². The van der Waals surface area contributed by atoms with Crippen molar-refractivity contribution in [2.75, 3.05) is 0 Å². The first-order valence-electron chi connectivity index (χ1n) is 7.53. The third-order valence-corrected chi connectivity index (χ3v) is 3.86. The third-order valence-electron chi connectivity index (χ3n) is 3.86. The Morgan fingerprint density at radius 2 is 0.955 bits per heavy atom. The zero-order valence-electron chi connectivity index (χ0n) is 12.5. The molecule has 4 nitrogen and oxygen atoms in total. The zero-order chi connectivity index (χ0) is 15.9. The number of benzene rings is 2. The lowest BCUT2D eigenvalue weighted by Crippen LogP contribution is -2.52. The summed E-state index contributed by atoms with van der Waals surface area (Å²) in [4.78, 5) is 0. The lowest BCUT2D eigenvalue weighted by molar-refractivity contribution is -0.00975. The highest BCUT2D eigenvalue weighted by atomic mass is 16.3. The van der Waals surface area contributed by atoms with E-state index in [1.54, 1.807) is 0 Å². The van der Waals surface area contributed by atoms with E-state index in [0.29, 0.717) is 12.8 Å². The minimum absolute atomic E-state index is 0.497. The van der Waals surface area contributed by atoms with Crippen molar-refractivity contribution in [3.8, 4) is 0 Å². The zero-order valence-corrected chi connectivity index (χ0v) is 12.5. The number of hydrogen-bond donors (Lipinski definition) is 4. The SMILES string of the molecule is N[C@H](Cc1ccccc1)[C@H](O)[C@@H](O)[C@@H](N)Cc1ccccc1. The van der Waals surface area contributed by atoms with Gasteiger partial charge in [-0.05, 0) is 24.0 Å². The fourth-order valence-corrected chi connectivity index (χ4v) is 2.52. The van der Waals surface area contributed by atoms with Gasteiger partial charge in [-0.3, -0.25) is 0 Å². The summed E-state index contributed by atoms with van der Waals surface area (Å²) >= 11 is 0. The summed E-state index contributed by atoms with van der Waals surface area (Å²) in [6, 6.07) is 18.2. The van der Waals surface area contributed by atoms with E-state index in [2.05, 4.69) is 0 Å². The van der Waals surface area contributed by atoms with E-state index in [1.165, 1.54) is 0 Å². The maximum Gasteiger partial charge on any atom is 0.0968 e. The fraction of sp³-hybridized carbons (Fsp3) is 0.333. The van der Waals surface area contributed by atoms with E-state index in [0.717, 1.165) is 11.1 Å². The Hall–Kier alpha value is -1.72. The molecular weight excluding hydrogens is 276 g/mol. The number of rotatable bonds is 7. The predicted octanol–water partition coefficient (Wildman–Crippen LogP) is 0.848. The highest BCUT2D eigenvalue weighted by molar-refractivity contribution is 5.18. The normalized spacial score (nSPS) is 16.7. The second-order valence-electron chi connectivity index (χ2n) is 5.69. The van der Waals surface area contributed by atoms with Crippen LogP contribution in [0.2, 0.25) is 0 Å². The lowest BCUT2D eigenvalue weighted by Gasteiger charge is -2.28. The molecule has 0 aliphatic rings. The van der Waals surface area contributed by atoms with Crippen molar-refractivity contribution >= 4 is 0 Å². The van der Waals surface area contributed by atoms with Crippen LogP contribution in [-0.2, 0) is 12.8 Å². The Labute approximate surface area is 131 Å². The second kappa shape index (κ2) is 8.06. The van der Waals surface area contributed by atoms with Crippen LogP contribution in [0.1, 0.15) is 11.1 Å². The molecule has 22 heavy (non-hydrogen) atoms. The third kappa shape index (κ3) is 4.64. The van der Waals surface area contributed by atoms with Crippen LogP contribution < -0.4 is 11.5 Å². The summed E-state index contributed by atoms with van der Waals surface area (Å²) in [6.07, 6.45) is -1.12. The number of hydrogen-bond acceptors (Lipinski definition) is 4. The molecule has 0 aliphatic carbocycles. The molecule has 6 N–H and O–H groups in total. The summed E-state index contributed by atoms with van der Waals surface area (Å²) in [6.45, 7) is 0. The topological polar surface area (TPSA) is 92.5 Å². The quantitative estimate of drug-likeness (QED) is 0.610. The fourth-order valence-electron chi connectivity index (χ4n) is 2.52. The van der Waals surface area contributed by atoms with Crippen LogP contribution >= 0.6 is 0 Å². The van der Waals surface area contributed by atoms with Gasteiger partial charge in [0.1, 0.15) is 0 Å². The largest absolute Gasteiger partial charge is 0.389 e. The Morgan fingerprint density at radius 1 is 0.636 bits per heavy atom. The van der Waals surface area contributed by atoms with Gasteiger partial charge in [-0.1, -0.05) is 60.7 Å². The molecule has 0 aliphatic heterocycles. The van der Waals surface area contributed by atoms with Crippen LogP contribution in [0.5, 0.6) is 0 Å². The maximum atomic E-state index is 10.2. The molecule has 0 bridgehead atoms. The van der Waals surface area contributed by atoms with Gasteiger partial charge in [-0.2, -0.15) is 0 Å². The molecule has 0 unspecified atom stereocenters. The lowest BCUT2D eigenvalue weighted by atomic mass is 9.92. The molecule has 2 aromatic rings. The molecule has 0 spiro atoms. The number of aliphatic hydroxyl groups excluding tert-OH is 2. The van der Waals surface area contributed by atoms with Gasteiger partial charge in [0.15, 0.2) is 0 Å². The molecule has 0 amide bonds. The Morgan fingerprint density at radius 3 is 1.27 bits per heavy atom. The van der Waals surface area contributed by atoms with Gasteiger partial charge in [0.2, 0.25) is 0 Å².